The predicted octanol–water partition coefficient (Wildman–Crippen LogP) is 22.7. The summed E-state index contributed by atoms with van der Waals surface area (Å²) >= 11 is 0. The van der Waals surface area contributed by atoms with E-state index in [1.165, 1.54) is 180 Å². The molecule has 0 N–H and O–H groups in total. The first kappa shape index (κ1) is 73.6. The topological polar surface area (TPSA) is 78.9 Å². The third-order valence-electron chi connectivity index (χ3n) is 14.4. The average molecular weight is 1070 g/mol. The van der Waals surface area contributed by atoms with E-state index >= 15 is 0 Å². The number of carbonyl (C=O) groups excluding carboxylic acids is 3. The van der Waals surface area contributed by atoms with Crippen LogP contribution in [0.4, 0.5) is 0 Å². The number of ether oxygens (including phenoxy) is 3. The van der Waals surface area contributed by atoms with Gasteiger partial charge < -0.3 is 14.2 Å². The molecule has 0 aromatic heterocycles. The molecular weight excluding hydrogens is 949 g/mol. The minimum absolute atomic E-state index is 0.0789. The summed E-state index contributed by atoms with van der Waals surface area (Å²) < 4.78 is 16.9. The Balaban J connectivity index is 4.35. The van der Waals surface area contributed by atoms with Crippen LogP contribution in [0.2, 0.25) is 0 Å². The molecule has 77 heavy (non-hydrogen) atoms. The first-order valence-corrected chi connectivity index (χ1v) is 33.1. The molecule has 0 aromatic carbocycles. The van der Waals surface area contributed by atoms with E-state index in [0.717, 1.165) is 109 Å². The van der Waals surface area contributed by atoms with Gasteiger partial charge in [-0.25, -0.2) is 0 Å². The molecule has 0 aliphatic rings. The zero-order valence-electron chi connectivity index (χ0n) is 51.0. The lowest BCUT2D eigenvalue weighted by Crippen LogP contribution is -2.30. The van der Waals surface area contributed by atoms with Crippen LogP contribution in [-0.2, 0) is 28.6 Å². The number of hydrogen-bond donors (Lipinski definition) is 0. The van der Waals surface area contributed by atoms with Gasteiger partial charge in [-0.05, 0) is 96.3 Å². The van der Waals surface area contributed by atoms with Gasteiger partial charge in [-0.1, -0.05) is 298 Å². The maximum Gasteiger partial charge on any atom is 0.306 e. The lowest BCUT2D eigenvalue weighted by Gasteiger charge is -2.18. The maximum atomic E-state index is 12.9. The van der Waals surface area contributed by atoms with Crippen LogP contribution >= 0.6 is 0 Å². The predicted molar refractivity (Wildman–Crippen MR) is 334 cm³/mol. The molecular formula is C71H124O6. The molecule has 0 saturated carbocycles. The lowest BCUT2D eigenvalue weighted by molar-refractivity contribution is -0.167. The minimum Gasteiger partial charge on any atom is -0.462 e. The van der Waals surface area contributed by atoms with Crippen molar-refractivity contribution in [2.75, 3.05) is 13.2 Å². The molecule has 0 radical (unpaired) electrons. The fourth-order valence-electron chi connectivity index (χ4n) is 9.44. The van der Waals surface area contributed by atoms with E-state index < -0.39 is 6.10 Å². The molecule has 0 spiro atoms. The Bertz CT molecular complexity index is 1470. The first-order valence-electron chi connectivity index (χ1n) is 33.1. The van der Waals surface area contributed by atoms with Gasteiger partial charge in [0, 0.05) is 19.3 Å². The van der Waals surface area contributed by atoms with Crippen LogP contribution in [0.1, 0.15) is 329 Å². The zero-order valence-corrected chi connectivity index (χ0v) is 51.0. The van der Waals surface area contributed by atoms with Gasteiger partial charge >= 0.3 is 17.9 Å². The van der Waals surface area contributed by atoms with E-state index in [9.17, 15) is 14.4 Å². The Hall–Kier alpha value is -3.41. The quantitative estimate of drug-likeness (QED) is 0.0261. The first-order chi connectivity index (χ1) is 38.0. The second kappa shape index (κ2) is 65.1. The van der Waals surface area contributed by atoms with Crippen molar-refractivity contribution in [1.82, 2.24) is 0 Å². The van der Waals surface area contributed by atoms with Crippen LogP contribution in [0.25, 0.3) is 0 Å². The van der Waals surface area contributed by atoms with Crippen LogP contribution in [0, 0.1) is 0 Å². The zero-order chi connectivity index (χ0) is 55.7. The van der Waals surface area contributed by atoms with E-state index in [4.69, 9.17) is 14.2 Å². The van der Waals surface area contributed by atoms with Crippen molar-refractivity contribution in [3.63, 3.8) is 0 Å². The van der Waals surface area contributed by atoms with Crippen molar-refractivity contribution < 1.29 is 28.6 Å². The molecule has 0 saturated heterocycles. The third-order valence-corrected chi connectivity index (χ3v) is 14.4. The van der Waals surface area contributed by atoms with Crippen molar-refractivity contribution in [2.24, 2.45) is 0 Å². The molecule has 6 nitrogen and oxygen atoms in total. The Morgan fingerprint density at radius 2 is 0.506 bits per heavy atom. The fraction of sp³-hybridized carbons (Fsp3) is 0.761. The lowest BCUT2D eigenvalue weighted by atomic mass is 10.0. The second-order valence-corrected chi connectivity index (χ2v) is 22.0. The summed E-state index contributed by atoms with van der Waals surface area (Å²) in [6.07, 6.45) is 85.9. The molecule has 0 aliphatic carbocycles. The summed E-state index contributed by atoms with van der Waals surface area (Å²) in [5, 5.41) is 0. The van der Waals surface area contributed by atoms with Gasteiger partial charge in [0.25, 0.3) is 0 Å². The Labute approximate surface area is 477 Å². The van der Waals surface area contributed by atoms with Crippen LogP contribution in [0.15, 0.2) is 85.1 Å². The van der Waals surface area contributed by atoms with Crippen LogP contribution in [0.5, 0.6) is 0 Å². The van der Waals surface area contributed by atoms with Gasteiger partial charge in [-0.3, -0.25) is 14.4 Å². The molecule has 0 aromatic rings. The van der Waals surface area contributed by atoms with Crippen molar-refractivity contribution >= 4 is 17.9 Å². The SMILES string of the molecule is CC/C=C\C/C=C\C/C=C\C/C=C\C/C=C\C/C=C\CCCCCCCCC(=O)OCC(COC(=O)CCCCCCCCCCCCCCC)OC(=O)CCCCCCCCCCC/C=C\CCCCCCCCCC. The summed E-state index contributed by atoms with van der Waals surface area (Å²) in [4.78, 5) is 38.3. The molecule has 0 amide bonds. The summed E-state index contributed by atoms with van der Waals surface area (Å²) in [6.45, 7) is 6.55. The average Bonchev–Trinajstić information content (AvgIpc) is 3.43. The highest BCUT2D eigenvalue weighted by atomic mass is 16.6. The molecule has 1 atom stereocenters. The van der Waals surface area contributed by atoms with Gasteiger partial charge in [0.05, 0.1) is 0 Å². The highest BCUT2D eigenvalue weighted by Crippen LogP contribution is 2.17. The molecule has 0 fully saturated rings. The van der Waals surface area contributed by atoms with Gasteiger partial charge in [-0.2, -0.15) is 0 Å². The van der Waals surface area contributed by atoms with Gasteiger partial charge in [0.15, 0.2) is 6.10 Å². The molecule has 1 unspecified atom stereocenters. The van der Waals surface area contributed by atoms with Crippen molar-refractivity contribution in [1.29, 1.82) is 0 Å². The molecule has 6 heteroatoms. The highest BCUT2D eigenvalue weighted by molar-refractivity contribution is 5.71. The van der Waals surface area contributed by atoms with E-state index in [1.807, 2.05) is 0 Å². The van der Waals surface area contributed by atoms with Crippen LogP contribution < -0.4 is 0 Å². The molecule has 0 aliphatic heterocycles. The number of hydrogen-bond acceptors (Lipinski definition) is 6. The van der Waals surface area contributed by atoms with Crippen molar-refractivity contribution in [3.05, 3.63) is 85.1 Å². The van der Waals surface area contributed by atoms with Gasteiger partial charge in [0.1, 0.15) is 13.2 Å². The summed E-state index contributed by atoms with van der Waals surface area (Å²) in [5.41, 5.74) is 0. The summed E-state index contributed by atoms with van der Waals surface area (Å²) in [7, 11) is 0. The van der Waals surface area contributed by atoms with Crippen LogP contribution in [-0.4, -0.2) is 37.2 Å². The number of unbranched alkanes of at least 4 members (excludes halogenated alkanes) is 35. The van der Waals surface area contributed by atoms with Crippen LogP contribution in [0.3, 0.4) is 0 Å². The Morgan fingerprint density at radius 1 is 0.273 bits per heavy atom. The molecule has 444 valence electrons. The monoisotopic (exact) mass is 1070 g/mol. The molecule has 0 rings (SSSR count). The molecule has 0 bridgehead atoms. The number of allylic oxidation sites excluding steroid dienone is 14. The summed E-state index contributed by atoms with van der Waals surface area (Å²) in [5.74, 6) is -0.881. The van der Waals surface area contributed by atoms with E-state index in [-0.39, 0.29) is 31.1 Å². The second-order valence-electron chi connectivity index (χ2n) is 22.0. The number of carbonyl (C=O) groups is 3. The largest absolute Gasteiger partial charge is 0.462 e. The highest BCUT2D eigenvalue weighted by Gasteiger charge is 2.19. The minimum atomic E-state index is -0.784. The van der Waals surface area contributed by atoms with Crippen molar-refractivity contribution in [2.45, 2.75) is 335 Å². The molecule has 0 heterocycles. The Morgan fingerprint density at radius 3 is 0.805 bits per heavy atom. The van der Waals surface area contributed by atoms with E-state index in [1.54, 1.807) is 0 Å². The van der Waals surface area contributed by atoms with Gasteiger partial charge in [-0.15, -0.1) is 0 Å². The standard InChI is InChI=1S/C71H124O6/c1-4-7-10-13-16-19-22-25-27-29-31-33-34-35-36-38-39-41-43-46-49-52-55-58-61-64-70(73)76-67-68(66-75-69(72)63-60-57-54-51-48-45-24-21-18-15-12-9-6-3)77-71(74)65-62-59-56-53-50-47-44-42-40-37-32-30-28-26-23-20-17-14-11-8-5-2/h7,10,16,19,25,27,30-33,35-36,39,41,68H,4-6,8-9,11-15,17-18,20-24,26,28-29,34,37-38,40,42-67H2,1-3H3/b10-7-,19-16-,27-25-,32-30-,33-31-,36-35-,41-39-. The smallest absolute Gasteiger partial charge is 0.306 e. The summed E-state index contributed by atoms with van der Waals surface area (Å²) in [6, 6.07) is 0. The van der Waals surface area contributed by atoms with E-state index in [2.05, 4.69) is 106 Å². The number of rotatable bonds is 60. The third kappa shape index (κ3) is 63.3. The maximum absolute atomic E-state index is 12.9. The normalized spacial score (nSPS) is 12.6. The fourth-order valence-corrected chi connectivity index (χ4v) is 9.44. The van der Waals surface area contributed by atoms with E-state index in [0.29, 0.717) is 19.3 Å². The van der Waals surface area contributed by atoms with Crippen molar-refractivity contribution in [3.8, 4) is 0 Å². The Kier molecular flexibility index (Phi) is 62.2. The van der Waals surface area contributed by atoms with Gasteiger partial charge in [0.2, 0.25) is 0 Å². The number of esters is 3.